The maximum Gasteiger partial charge on any atom is 0.349 e. The van der Waals surface area contributed by atoms with Crippen LogP contribution in [-0.4, -0.2) is 35.9 Å². The predicted octanol–water partition coefficient (Wildman–Crippen LogP) is 2.32. The zero-order chi connectivity index (χ0) is 24.6. The highest BCUT2D eigenvalue weighted by Gasteiger charge is 2.26. The fraction of sp³-hybridized carbons (Fsp3) is 0.364. The number of nitrogens with two attached hydrogens (primary N) is 1. The van der Waals surface area contributed by atoms with E-state index in [1.165, 1.54) is 31.2 Å². The van der Waals surface area contributed by atoms with Gasteiger partial charge in [-0.25, -0.2) is 23.3 Å². The minimum absolute atomic E-state index is 0.0907. The van der Waals surface area contributed by atoms with Gasteiger partial charge in [-0.05, 0) is 56.5 Å². The van der Waals surface area contributed by atoms with E-state index in [0.29, 0.717) is 28.0 Å². The maximum atomic E-state index is 13.1. The Hall–Kier alpha value is -3.09. The first-order chi connectivity index (χ1) is 16.1. The number of hydrogen-bond acceptors (Lipinski definition) is 8. The van der Waals surface area contributed by atoms with E-state index in [1.807, 2.05) is 0 Å². The van der Waals surface area contributed by atoms with Crippen LogP contribution in [0.3, 0.4) is 0 Å². The van der Waals surface area contributed by atoms with Crippen molar-refractivity contribution >= 4 is 49.1 Å². The Morgan fingerprint density at radius 3 is 2.59 bits per heavy atom. The van der Waals surface area contributed by atoms with Gasteiger partial charge in [0, 0.05) is 18.7 Å². The minimum atomic E-state index is -3.85. The molecule has 4 rings (SSSR count). The van der Waals surface area contributed by atoms with Gasteiger partial charge in [0.1, 0.15) is 15.5 Å². The highest BCUT2D eigenvalue weighted by molar-refractivity contribution is 7.89. The molecule has 0 radical (unpaired) electrons. The third-order valence-electron chi connectivity index (χ3n) is 5.70. The molecule has 1 aliphatic heterocycles. The lowest BCUT2D eigenvalue weighted by Crippen LogP contribution is -2.30. The highest BCUT2D eigenvalue weighted by Crippen LogP contribution is 2.29. The van der Waals surface area contributed by atoms with Gasteiger partial charge in [-0.1, -0.05) is 6.42 Å². The van der Waals surface area contributed by atoms with Gasteiger partial charge in [0.05, 0.1) is 10.3 Å². The van der Waals surface area contributed by atoms with Gasteiger partial charge < -0.3 is 10.1 Å². The summed E-state index contributed by atoms with van der Waals surface area (Å²) in [6.07, 6.45) is 2.51. The first-order valence-corrected chi connectivity index (χ1v) is 13.1. The summed E-state index contributed by atoms with van der Waals surface area (Å²) in [6, 6.07) is 5.28. The van der Waals surface area contributed by atoms with Crippen LogP contribution >= 0.6 is 11.3 Å². The molecule has 0 spiro atoms. The number of esters is 1. The molecular formula is C22H24N4O6S2. The number of hydrogen-bond donors (Lipinski definition) is 2. The number of thiophene rings is 1. The van der Waals surface area contributed by atoms with Crippen LogP contribution in [0.1, 0.15) is 47.2 Å². The van der Waals surface area contributed by atoms with Crippen molar-refractivity contribution in [3.05, 3.63) is 50.9 Å². The molecule has 2 aromatic heterocycles. The van der Waals surface area contributed by atoms with Crippen LogP contribution in [0.5, 0.6) is 0 Å². The van der Waals surface area contributed by atoms with Crippen molar-refractivity contribution in [2.45, 2.75) is 57.1 Å². The van der Waals surface area contributed by atoms with Crippen LogP contribution in [0, 0.1) is 6.92 Å². The zero-order valence-electron chi connectivity index (χ0n) is 18.7. The first kappa shape index (κ1) is 24.0. The Balaban J connectivity index is 1.51. The van der Waals surface area contributed by atoms with Crippen LogP contribution in [0.4, 0.5) is 5.69 Å². The van der Waals surface area contributed by atoms with Gasteiger partial charge in [0.25, 0.3) is 11.5 Å². The highest BCUT2D eigenvalue weighted by atomic mass is 32.2. The standard InChI is InChI=1S/C22H24N4O6S2/c1-12-17-20(25-16-6-4-3-5-11-26(16)21(17)28)33-18(12)22(29)32-13(2)19(27)24-14-7-9-15(10-8-14)34(23,30)31/h7-10,13H,3-6,11H2,1-2H3,(H,24,27)(H2,23,30,31)/t13-/m0/s1. The van der Waals surface area contributed by atoms with Crippen molar-refractivity contribution in [3.8, 4) is 0 Å². The lowest BCUT2D eigenvalue weighted by molar-refractivity contribution is -0.123. The summed E-state index contributed by atoms with van der Waals surface area (Å²) in [5.74, 6) is -0.579. The molecule has 0 unspecified atom stereocenters. The van der Waals surface area contributed by atoms with Gasteiger partial charge in [-0.3, -0.25) is 14.2 Å². The summed E-state index contributed by atoms with van der Waals surface area (Å²) in [5, 5.41) is 8.03. The van der Waals surface area contributed by atoms with Crippen LogP contribution in [0.2, 0.25) is 0 Å². The molecule has 10 nitrogen and oxygen atoms in total. The number of nitrogens with one attached hydrogen (secondary N) is 1. The number of anilines is 1. The lowest BCUT2D eigenvalue weighted by atomic mass is 10.2. The number of carbonyl (C=O) groups excluding carboxylic acids is 2. The number of fused-ring (bicyclic) bond motifs is 2. The minimum Gasteiger partial charge on any atom is -0.448 e. The Bertz CT molecular complexity index is 1440. The van der Waals surface area contributed by atoms with Crippen molar-refractivity contribution in [2.24, 2.45) is 5.14 Å². The predicted molar refractivity (Wildman–Crippen MR) is 127 cm³/mol. The van der Waals surface area contributed by atoms with Gasteiger partial charge >= 0.3 is 5.97 Å². The number of amides is 1. The SMILES string of the molecule is Cc1c(C(=O)O[C@@H](C)C(=O)Nc2ccc(S(N)(=O)=O)cc2)sc2nc3n(c(=O)c12)CCCCC3. The second kappa shape index (κ2) is 9.28. The van der Waals surface area contributed by atoms with E-state index in [1.54, 1.807) is 11.5 Å². The summed E-state index contributed by atoms with van der Waals surface area (Å²) < 4.78 is 29.7. The Kier molecular flexibility index (Phi) is 6.56. The van der Waals surface area contributed by atoms with Crippen molar-refractivity contribution < 1.29 is 22.7 Å². The van der Waals surface area contributed by atoms with E-state index < -0.39 is 28.0 Å². The van der Waals surface area contributed by atoms with E-state index in [2.05, 4.69) is 10.3 Å². The molecule has 1 atom stereocenters. The van der Waals surface area contributed by atoms with Crippen molar-refractivity contribution in [1.82, 2.24) is 9.55 Å². The van der Waals surface area contributed by atoms with E-state index in [-0.39, 0.29) is 15.3 Å². The zero-order valence-corrected chi connectivity index (χ0v) is 20.3. The number of aromatic nitrogens is 2. The Labute approximate surface area is 199 Å². The normalized spacial score (nSPS) is 14.8. The summed E-state index contributed by atoms with van der Waals surface area (Å²) >= 11 is 1.09. The summed E-state index contributed by atoms with van der Waals surface area (Å²) in [6.45, 7) is 3.71. The van der Waals surface area contributed by atoms with Crippen LogP contribution in [-0.2, 0) is 32.5 Å². The third-order valence-corrected chi connectivity index (χ3v) is 7.80. The van der Waals surface area contributed by atoms with E-state index in [0.717, 1.165) is 42.8 Å². The van der Waals surface area contributed by atoms with Gasteiger partial charge in [0.15, 0.2) is 6.10 Å². The fourth-order valence-corrected chi connectivity index (χ4v) is 5.43. The molecule has 1 amide bonds. The molecule has 3 aromatic rings. The van der Waals surface area contributed by atoms with Crippen molar-refractivity contribution in [1.29, 1.82) is 0 Å². The molecular weight excluding hydrogens is 480 g/mol. The van der Waals surface area contributed by atoms with Crippen LogP contribution < -0.4 is 16.0 Å². The monoisotopic (exact) mass is 504 g/mol. The number of primary sulfonamides is 1. The number of carbonyl (C=O) groups is 2. The van der Waals surface area contributed by atoms with Crippen LogP contribution in [0.15, 0.2) is 34.0 Å². The number of sulfonamides is 1. The molecule has 1 aliphatic rings. The van der Waals surface area contributed by atoms with E-state index in [9.17, 15) is 22.8 Å². The number of benzene rings is 1. The average Bonchev–Trinajstić information content (AvgIpc) is 2.94. The van der Waals surface area contributed by atoms with E-state index in [4.69, 9.17) is 9.88 Å². The maximum absolute atomic E-state index is 13.1. The molecule has 3 heterocycles. The molecule has 1 aromatic carbocycles. The van der Waals surface area contributed by atoms with E-state index >= 15 is 0 Å². The molecule has 0 aliphatic carbocycles. The van der Waals surface area contributed by atoms with Crippen molar-refractivity contribution in [2.75, 3.05) is 5.32 Å². The Morgan fingerprint density at radius 2 is 1.91 bits per heavy atom. The molecule has 0 bridgehead atoms. The largest absolute Gasteiger partial charge is 0.448 e. The summed E-state index contributed by atoms with van der Waals surface area (Å²) in [5.41, 5.74) is 0.661. The van der Waals surface area contributed by atoms with Gasteiger partial charge in [-0.2, -0.15) is 0 Å². The summed E-state index contributed by atoms with van der Waals surface area (Å²) in [4.78, 5) is 43.7. The molecule has 0 saturated heterocycles. The number of rotatable bonds is 5. The molecule has 0 fully saturated rings. The first-order valence-electron chi connectivity index (χ1n) is 10.7. The molecule has 12 heteroatoms. The molecule has 3 N–H and O–H groups in total. The van der Waals surface area contributed by atoms with Crippen molar-refractivity contribution in [3.63, 3.8) is 0 Å². The molecule has 0 saturated carbocycles. The van der Waals surface area contributed by atoms with Gasteiger partial charge in [0.2, 0.25) is 10.0 Å². The van der Waals surface area contributed by atoms with Crippen LogP contribution in [0.25, 0.3) is 10.2 Å². The molecule has 34 heavy (non-hydrogen) atoms. The Morgan fingerprint density at radius 1 is 1.21 bits per heavy atom. The topological polar surface area (TPSA) is 150 Å². The summed E-state index contributed by atoms with van der Waals surface area (Å²) in [7, 11) is -3.85. The van der Waals surface area contributed by atoms with Gasteiger partial charge in [-0.15, -0.1) is 11.3 Å². The smallest absolute Gasteiger partial charge is 0.349 e. The number of nitrogens with zero attached hydrogens (tertiary/aromatic N) is 2. The number of aryl methyl sites for hydroxylation is 2. The number of ether oxygens (including phenoxy) is 1. The second-order valence-electron chi connectivity index (χ2n) is 8.14. The fourth-order valence-electron chi connectivity index (χ4n) is 3.84. The lowest BCUT2D eigenvalue weighted by Gasteiger charge is -2.13. The third kappa shape index (κ3) is 4.74. The molecule has 180 valence electrons. The second-order valence-corrected chi connectivity index (χ2v) is 10.7. The quantitative estimate of drug-likeness (QED) is 0.506. The average molecular weight is 505 g/mol.